The number of nitrogens with two attached hydrogens (primary N) is 1. The molecule has 3 heteroatoms. The van der Waals surface area contributed by atoms with Crippen molar-refractivity contribution in [3.8, 4) is 11.3 Å². The molecule has 2 rings (SSSR count). The number of hydrogen-bond acceptors (Lipinski definition) is 3. The van der Waals surface area contributed by atoms with Crippen molar-refractivity contribution in [1.29, 1.82) is 0 Å². The zero-order valence-electron chi connectivity index (χ0n) is 11.2. The van der Waals surface area contributed by atoms with Crippen molar-refractivity contribution in [2.45, 2.75) is 33.2 Å². The van der Waals surface area contributed by atoms with E-state index in [9.17, 15) is 0 Å². The Balaban J connectivity index is 2.17. The molecule has 0 aliphatic heterocycles. The van der Waals surface area contributed by atoms with E-state index in [0.29, 0.717) is 11.8 Å². The average molecular weight is 244 g/mol. The summed E-state index contributed by atoms with van der Waals surface area (Å²) >= 11 is 0. The molecule has 0 bridgehead atoms. The van der Waals surface area contributed by atoms with E-state index in [1.807, 2.05) is 6.92 Å². The third-order valence-electron chi connectivity index (χ3n) is 2.80. The van der Waals surface area contributed by atoms with Crippen LogP contribution in [0.15, 0.2) is 34.9 Å². The van der Waals surface area contributed by atoms with Crippen molar-refractivity contribution < 1.29 is 4.42 Å². The lowest BCUT2D eigenvalue weighted by Gasteiger charge is -2.05. The number of nitrogens with zero attached hydrogens (tertiary/aromatic N) is 1. The van der Waals surface area contributed by atoms with Crippen LogP contribution in [0.3, 0.4) is 0 Å². The van der Waals surface area contributed by atoms with Crippen molar-refractivity contribution in [1.82, 2.24) is 4.98 Å². The van der Waals surface area contributed by atoms with Crippen LogP contribution >= 0.6 is 0 Å². The number of hydrogen-bond donors (Lipinski definition) is 1. The SMILES string of the molecule is CC(C)Cc1ccc(-c2cnc(C(C)N)o2)cc1. The van der Waals surface area contributed by atoms with Gasteiger partial charge in [0.2, 0.25) is 5.89 Å². The molecule has 0 saturated carbocycles. The molecule has 0 aliphatic carbocycles. The summed E-state index contributed by atoms with van der Waals surface area (Å²) in [7, 11) is 0. The second-order valence-corrected chi connectivity index (χ2v) is 5.15. The molecule has 1 heterocycles. The summed E-state index contributed by atoms with van der Waals surface area (Å²) in [5, 5.41) is 0. The van der Waals surface area contributed by atoms with Crippen LogP contribution in [-0.2, 0) is 6.42 Å². The summed E-state index contributed by atoms with van der Waals surface area (Å²) in [5.74, 6) is 2.03. The lowest BCUT2D eigenvalue weighted by Crippen LogP contribution is -2.04. The molecule has 0 amide bonds. The number of benzene rings is 1. The van der Waals surface area contributed by atoms with Crippen molar-refractivity contribution in [3.63, 3.8) is 0 Å². The summed E-state index contributed by atoms with van der Waals surface area (Å²) < 4.78 is 5.62. The van der Waals surface area contributed by atoms with Crippen LogP contribution in [0.2, 0.25) is 0 Å². The maximum absolute atomic E-state index is 5.73. The quantitative estimate of drug-likeness (QED) is 0.894. The molecule has 1 unspecified atom stereocenters. The van der Waals surface area contributed by atoms with Gasteiger partial charge in [-0.05, 0) is 24.8 Å². The van der Waals surface area contributed by atoms with Crippen LogP contribution < -0.4 is 5.73 Å². The predicted molar refractivity (Wildman–Crippen MR) is 73.1 cm³/mol. The normalized spacial score (nSPS) is 12.9. The Labute approximate surface area is 108 Å². The maximum Gasteiger partial charge on any atom is 0.211 e. The lowest BCUT2D eigenvalue weighted by molar-refractivity contribution is 0.473. The van der Waals surface area contributed by atoms with Gasteiger partial charge in [0, 0.05) is 5.56 Å². The molecule has 1 atom stereocenters. The first-order valence-corrected chi connectivity index (χ1v) is 6.37. The van der Waals surface area contributed by atoms with E-state index in [2.05, 4.69) is 43.1 Å². The van der Waals surface area contributed by atoms with Gasteiger partial charge in [-0.3, -0.25) is 0 Å². The van der Waals surface area contributed by atoms with Crippen LogP contribution in [0.4, 0.5) is 0 Å². The van der Waals surface area contributed by atoms with E-state index in [-0.39, 0.29) is 6.04 Å². The maximum atomic E-state index is 5.73. The van der Waals surface area contributed by atoms with Gasteiger partial charge in [-0.2, -0.15) is 0 Å². The van der Waals surface area contributed by atoms with E-state index >= 15 is 0 Å². The van der Waals surface area contributed by atoms with Gasteiger partial charge in [-0.1, -0.05) is 38.1 Å². The van der Waals surface area contributed by atoms with Crippen molar-refractivity contribution in [2.75, 3.05) is 0 Å². The Morgan fingerprint density at radius 2 is 1.83 bits per heavy atom. The first-order chi connectivity index (χ1) is 8.56. The number of aromatic nitrogens is 1. The number of rotatable bonds is 4. The van der Waals surface area contributed by atoms with Crippen LogP contribution in [0.1, 0.15) is 38.3 Å². The zero-order chi connectivity index (χ0) is 13.1. The largest absolute Gasteiger partial charge is 0.439 e. The van der Waals surface area contributed by atoms with Gasteiger partial charge >= 0.3 is 0 Å². The molecule has 18 heavy (non-hydrogen) atoms. The molecule has 1 aromatic heterocycles. The smallest absolute Gasteiger partial charge is 0.211 e. The molecular weight excluding hydrogens is 224 g/mol. The molecular formula is C15H20N2O. The lowest BCUT2D eigenvalue weighted by atomic mass is 10.0. The average Bonchev–Trinajstić information content (AvgIpc) is 2.78. The Kier molecular flexibility index (Phi) is 3.82. The highest BCUT2D eigenvalue weighted by Crippen LogP contribution is 2.23. The molecule has 0 saturated heterocycles. The summed E-state index contributed by atoms with van der Waals surface area (Å²) in [6, 6.07) is 8.26. The summed E-state index contributed by atoms with van der Waals surface area (Å²) in [6.07, 6.45) is 2.83. The molecule has 0 spiro atoms. The Morgan fingerprint density at radius 1 is 1.17 bits per heavy atom. The molecule has 2 aromatic rings. The van der Waals surface area contributed by atoms with Crippen molar-refractivity contribution >= 4 is 0 Å². The van der Waals surface area contributed by atoms with E-state index in [4.69, 9.17) is 10.2 Å². The molecule has 3 nitrogen and oxygen atoms in total. The fraction of sp³-hybridized carbons (Fsp3) is 0.400. The fourth-order valence-electron chi connectivity index (χ4n) is 1.91. The Morgan fingerprint density at radius 3 is 2.33 bits per heavy atom. The molecule has 0 aliphatic rings. The van der Waals surface area contributed by atoms with Crippen LogP contribution in [0, 0.1) is 5.92 Å². The Hall–Kier alpha value is -1.61. The first-order valence-electron chi connectivity index (χ1n) is 6.37. The summed E-state index contributed by atoms with van der Waals surface area (Å²) in [5.41, 5.74) is 8.12. The number of oxazole rings is 1. The second-order valence-electron chi connectivity index (χ2n) is 5.15. The van der Waals surface area contributed by atoms with E-state index in [0.717, 1.165) is 17.7 Å². The van der Waals surface area contributed by atoms with E-state index in [1.165, 1.54) is 5.56 Å². The highest BCUT2D eigenvalue weighted by molar-refractivity contribution is 5.56. The van der Waals surface area contributed by atoms with Crippen molar-refractivity contribution in [2.24, 2.45) is 11.7 Å². The molecule has 1 aromatic carbocycles. The van der Waals surface area contributed by atoms with Crippen LogP contribution in [-0.4, -0.2) is 4.98 Å². The molecule has 0 radical (unpaired) electrons. The zero-order valence-corrected chi connectivity index (χ0v) is 11.2. The van der Waals surface area contributed by atoms with E-state index in [1.54, 1.807) is 6.20 Å². The summed E-state index contributed by atoms with van der Waals surface area (Å²) in [6.45, 7) is 6.31. The van der Waals surface area contributed by atoms with Gasteiger partial charge in [0.05, 0.1) is 12.2 Å². The third kappa shape index (κ3) is 2.99. The van der Waals surface area contributed by atoms with Gasteiger partial charge in [0.1, 0.15) is 0 Å². The van der Waals surface area contributed by atoms with Gasteiger partial charge in [-0.25, -0.2) is 4.98 Å². The predicted octanol–water partition coefficient (Wildman–Crippen LogP) is 3.56. The first kappa shape index (κ1) is 12.8. The van der Waals surface area contributed by atoms with Gasteiger partial charge < -0.3 is 10.2 Å². The monoisotopic (exact) mass is 244 g/mol. The second kappa shape index (κ2) is 5.36. The fourth-order valence-corrected chi connectivity index (χ4v) is 1.91. The van der Waals surface area contributed by atoms with Crippen LogP contribution in [0.5, 0.6) is 0 Å². The molecule has 2 N–H and O–H groups in total. The van der Waals surface area contributed by atoms with Gasteiger partial charge in [-0.15, -0.1) is 0 Å². The van der Waals surface area contributed by atoms with Crippen LogP contribution in [0.25, 0.3) is 11.3 Å². The van der Waals surface area contributed by atoms with Crippen molar-refractivity contribution in [3.05, 3.63) is 41.9 Å². The molecule has 96 valence electrons. The minimum Gasteiger partial charge on any atom is -0.439 e. The third-order valence-corrected chi connectivity index (χ3v) is 2.80. The topological polar surface area (TPSA) is 52.0 Å². The summed E-state index contributed by atoms with van der Waals surface area (Å²) in [4.78, 5) is 4.17. The Bertz CT molecular complexity index is 497. The standard InChI is InChI=1S/C15H20N2O/c1-10(2)8-12-4-6-13(7-5-12)14-9-17-15(18-14)11(3)16/h4-7,9-11H,8,16H2,1-3H3. The highest BCUT2D eigenvalue weighted by Gasteiger charge is 2.09. The minimum absolute atomic E-state index is 0.168. The molecule has 0 fully saturated rings. The van der Waals surface area contributed by atoms with E-state index < -0.39 is 0 Å². The van der Waals surface area contributed by atoms with Gasteiger partial charge in [0.25, 0.3) is 0 Å². The minimum atomic E-state index is -0.168. The van der Waals surface area contributed by atoms with Gasteiger partial charge in [0.15, 0.2) is 5.76 Å². The highest BCUT2D eigenvalue weighted by atomic mass is 16.4.